The number of hydrogen-bond donors (Lipinski definition) is 0. The highest BCUT2D eigenvalue weighted by Gasteiger charge is 2.18. The molecule has 10 heterocycles. The maximum Gasteiger partial charge on any atom is 0.145 e. The molecule has 528 valence electrons. The average molecular weight is 1410 g/mol. The van der Waals surface area contributed by atoms with Gasteiger partial charge >= 0.3 is 0 Å². The van der Waals surface area contributed by atoms with Crippen LogP contribution in [0, 0.1) is 0 Å². The van der Waals surface area contributed by atoms with Crippen molar-refractivity contribution in [2.45, 2.75) is 51.4 Å². The van der Waals surface area contributed by atoms with Crippen LogP contribution in [0.3, 0.4) is 0 Å². The molecule has 108 heavy (non-hydrogen) atoms. The van der Waals surface area contributed by atoms with Crippen molar-refractivity contribution in [1.82, 2.24) is 68.1 Å². The van der Waals surface area contributed by atoms with Crippen molar-refractivity contribution in [2.24, 2.45) is 28.2 Å². The first kappa shape index (κ1) is 67.8. The van der Waals surface area contributed by atoms with Crippen molar-refractivity contribution in [3.8, 4) is 11.5 Å². The van der Waals surface area contributed by atoms with Crippen molar-refractivity contribution in [2.75, 3.05) is 14.2 Å². The normalized spacial score (nSPS) is 11.5. The van der Waals surface area contributed by atoms with Gasteiger partial charge in [0.25, 0.3) is 0 Å². The topological polar surface area (TPSA) is 167 Å². The van der Waals surface area contributed by atoms with Gasteiger partial charge in [0.1, 0.15) is 56.9 Å². The van der Waals surface area contributed by atoms with Crippen molar-refractivity contribution < 1.29 is 9.47 Å². The zero-order chi connectivity index (χ0) is 73.2. The van der Waals surface area contributed by atoms with Gasteiger partial charge in [0, 0.05) is 132 Å². The molecule has 10 aromatic carbocycles. The Bertz CT molecular complexity index is 6480. The monoisotopic (exact) mass is 1410 g/mol. The molecule has 16 nitrogen and oxygen atoms in total. The summed E-state index contributed by atoms with van der Waals surface area (Å²) in [6.45, 7) is 0. The van der Waals surface area contributed by atoms with Crippen LogP contribution in [0.2, 0.25) is 0 Å². The minimum absolute atomic E-state index is 0.805. The number of aryl methyl sites for hydroxylation is 12. The van der Waals surface area contributed by atoms with Gasteiger partial charge in [-0.25, -0.2) is 29.9 Å². The third-order valence-electron chi connectivity index (χ3n) is 20.8. The first-order valence-corrected chi connectivity index (χ1v) is 36.7. The molecule has 0 bridgehead atoms. The Labute approximate surface area is 623 Å². The summed E-state index contributed by atoms with van der Waals surface area (Å²) in [5.74, 6) is 5.90. The summed E-state index contributed by atoms with van der Waals surface area (Å²) in [4.78, 5) is 47.9. The van der Waals surface area contributed by atoms with Crippen LogP contribution in [0.5, 0.6) is 11.5 Å². The number of ether oxygens (including phenoxy) is 2. The van der Waals surface area contributed by atoms with E-state index >= 15 is 0 Å². The number of nitrogens with zero attached hydrogens (tertiary/aromatic N) is 14. The third kappa shape index (κ3) is 13.4. The van der Waals surface area contributed by atoms with Crippen LogP contribution in [0.1, 0.15) is 46.1 Å². The zero-order valence-corrected chi connectivity index (χ0v) is 61.1. The highest BCUT2D eigenvalue weighted by molar-refractivity contribution is 6.06. The van der Waals surface area contributed by atoms with Crippen molar-refractivity contribution in [1.29, 1.82) is 0 Å². The molecule has 0 N–H and O–H groups in total. The SMILES string of the molecule is COc1cccc2ccc(CCc3nc4c5ccccc5ccc4n3C)nc12.COc1cccc2ccc(CCc3nc4c5ncccc5ccc4n3C)nc12.Cn1c(CCc2ccc3ccccc3n2)nc2c3ncccc3ccc21.Cn1c(CCc2ccc3ccccc3n2)nc2ccc3ccccc3c21. The largest absolute Gasteiger partial charge is 0.494 e. The third-order valence-corrected chi connectivity index (χ3v) is 20.8. The highest BCUT2D eigenvalue weighted by atomic mass is 16.5. The number of aromatic nitrogens is 14. The Balaban J connectivity index is 0.000000106. The molecule has 0 atom stereocenters. The van der Waals surface area contributed by atoms with Gasteiger partial charge in [0.05, 0.1) is 69.4 Å². The molecule has 0 amide bonds. The van der Waals surface area contributed by atoms with E-state index in [9.17, 15) is 0 Å². The van der Waals surface area contributed by atoms with Crippen LogP contribution >= 0.6 is 0 Å². The summed E-state index contributed by atoms with van der Waals surface area (Å²) in [6, 6.07) is 87.5. The number of fused-ring (bicyclic) bond motifs is 16. The van der Waals surface area contributed by atoms with Gasteiger partial charge in [-0.05, 0) is 121 Å². The van der Waals surface area contributed by atoms with E-state index in [2.05, 4.69) is 251 Å². The lowest BCUT2D eigenvalue weighted by atomic mass is 10.1. The van der Waals surface area contributed by atoms with Crippen molar-refractivity contribution in [3.63, 3.8) is 0 Å². The number of hydrogen-bond acceptors (Lipinski definition) is 12. The molecule has 20 aromatic rings. The van der Waals surface area contributed by atoms with Gasteiger partial charge in [-0.15, -0.1) is 0 Å². The molecule has 10 aromatic heterocycles. The molecule has 0 saturated carbocycles. The Morgan fingerprint density at radius 1 is 0.241 bits per heavy atom. The summed E-state index contributed by atoms with van der Waals surface area (Å²) in [7, 11) is 11.7. The van der Waals surface area contributed by atoms with Gasteiger partial charge in [0.2, 0.25) is 0 Å². The number of pyridine rings is 6. The average Bonchev–Trinajstić information content (AvgIpc) is 1.64. The molecule has 0 fully saturated rings. The molecule has 0 radical (unpaired) electrons. The molecule has 0 aliphatic heterocycles. The molecule has 0 unspecified atom stereocenters. The number of para-hydroxylation sites is 4. The smallest absolute Gasteiger partial charge is 0.145 e. The van der Waals surface area contributed by atoms with Crippen LogP contribution in [0.15, 0.2) is 267 Å². The number of benzene rings is 10. The Morgan fingerprint density at radius 3 is 1.08 bits per heavy atom. The maximum atomic E-state index is 5.47. The molecular formula is C92H78N14O2. The predicted octanol–water partition coefficient (Wildman–Crippen LogP) is 19.0. The van der Waals surface area contributed by atoms with E-state index in [0.29, 0.717) is 0 Å². The highest BCUT2D eigenvalue weighted by Crippen LogP contribution is 2.32. The van der Waals surface area contributed by atoms with Gasteiger partial charge < -0.3 is 27.7 Å². The summed E-state index contributed by atoms with van der Waals surface area (Å²) in [5.41, 5.74) is 18.8. The fraction of sp³-hybridized carbons (Fsp3) is 0.152. The molecule has 0 spiro atoms. The van der Waals surface area contributed by atoms with Crippen LogP contribution < -0.4 is 9.47 Å². The van der Waals surface area contributed by atoms with Gasteiger partial charge in [0.15, 0.2) is 0 Å². The van der Waals surface area contributed by atoms with Crippen molar-refractivity contribution in [3.05, 3.63) is 313 Å². The van der Waals surface area contributed by atoms with E-state index in [1.807, 2.05) is 73.1 Å². The lowest BCUT2D eigenvalue weighted by Crippen LogP contribution is -2.02. The number of rotatable bonds is 14. The molecular weight excluding hydrogens is 1330 g/mol. The van der Waals surface area contributed by atoms with Gasteiger partial charge in [-0.3, -0.25) is 19.9 Å². The Hall–Kier alpha value is -13.3. The fourth-order valence-corrected chi connectivity index (χ4v) is 15.0. The quantitative estimate of drug-likeness (QED) is 0.101. The van der Waals surface area contributed by atoms with Gasteiger partial charge in [-0.1, -0.05) is 170 Å². The van der Waals surface area contributed by atoms with E-state index in [-0.39, 0.29) is 0 Å². The van der Waals surface area contributed by atoms with Crippen LogP contribution in [0.25, 0.3) is 131 Å². The minimum atomic E-state index is 0.805. The summed E-state index contributed by atoms with van der Waals surface area (Å²) in [6.07, 6.45) is 10.4. The van der Waals surface area contributed by atoms with Crippen LogP contribution in [0.4, 0.5) is 0 Å². The first-order valence-electron chi connectivity index (χ1n) is 36.7. The summed E-state index contributed by atoms with van der Waals surface area (Å²) in [5, 5.41) is 11.7. The molecule has 0 aliphatic rings. The Kier molecular flexibility index (Phi) is 18.6. The standard InChI is InChI=1S/C24H21N3O.C23H20N4O.C23H19N3.C22H18N4/c1-27-20-14-11-16-6-3-4-8-19(16)24(20)26-22(27)15-13-18-12-10-17-7-5-9-21(28-2)23(17)25-18;1-27-18-12-9-16-6-4-14-24-22(16)23(18)26-20(27)13-11-17-10-8-15-5-3-7-19(28-2)21(15)25-17;1-26-22(15-13-18-12-10-17-7-3-5-9-20(17)24-18)25-21-14-11-16-6-2-4-8-19(16)23(21)26;1-26-19-12-9-16-6-4-14-23-21(16)22(19)25-20(26)13-11-17-10-8-15-5-2-3-7-18(15)24-17/h3-12,14H,13,15H2,1-2H3;3-10,12,14H,11,13H2,1-2H3;2-12,14H,13,15H2,1H3;2-10,12,14H,11,13H2,1H3. The lowest BCUT2D eigenvalue weighted by molar-refractivity contribution is 0.418. The number of methoxy groups -OCH3 is 2. The zero-order valence-electron chi connectivity index (χ0n) is 61.1. The Morgan fingerprint density at radius 2 is 0.593 bits per heavy atom. The lowest BCUT2D eigenvalue weighted by Gasteiger charge is -2.07. The maximum absolute atomic E-state index is 5.47. The van der Waals surface area contributed by atoms with E-state index in [4.69, 9.17) is 49.3 Å². The second-order valence-electron chi connectivity index (χ2n) is 27.3. The van der Waals surface area contributed by atoms with Gasteiger partial charge in [-0.2, -0.15) is 0 Å². The van der Waals surface area contributed by atoms with E-state index in [0.717, 1.165) is 197 Å². The second kappa shape index (κ2) is 29.7. The minimum Gasteiger partial charge on any atom is -0.494 e. The molecule has 0 aliphatic carbocycles. The molecule has 20 rings (SSSR count). The summed E-state index contributed by atoms with van der Waals surface area (Å²) >= 11 is 0. The summed E-state index contributed by atoms with van der Waals surface area (Å²) < 4.78 is 19.7. The van der Waals surface area contributed by atoms with E-state index in [1.54, 1.807) is 14.2 Å². The molecule has 0 saturated heterocycles. The predicted molar refractivity (Wildman–Crippen MR) is 438 cm³/mol. The first-order chi connectivity index (χ1) is 53.1. The second-order valence-corrected chi connectivity index (χ2v) is 27.3. The van der Waals surface area contributed by atoms with E-state index in [1.165, 1.54) is 43.4 Å². The number of imidazole rings is 4. The van der Waals surface area contributed by atoms with Crippen LogP contribution in [-0.2, 0) is 79.6 Å². The fourth-order valence-electron chi connectivity index (χ4n) is 15.0. The van der Waals surface area contributed by atoms with E-state index < -0.39 is 0 Å². The molecule has 16 heteroatoms. The van der Waals surface area contributed by atoms with Crippen LogP contribution in [-0.4, -0.2) is 82.3 Å². The van der Waals surface area contributed by atoms with Crippen molar-refractivity contribution >= 4 is 131 Å².